The molecule has 0 amide bonds. The van der Waals surface area contributed by atoms with Crippen LogP contribution in [-0.2, 0) is 4.74 Å². The zero-order valence-corrected chi connectivity index (χ0v) is 17.6. The van der Waals surface area contributed by atoms with Crippen LogP contribution in [0.3, 0.4) is 0 Å². The first-order valence-electron chi connectivity index (χ1n) is 11.3. The van der Waals surface area contributed by atoms with Crippen molar-refractivity contribution in [2.75, 3.05) is 0 Å². The van der Waals surface area contributed by atoms with E-state index in [1.165, 1.54) is 70.6 Å². The predicted octanol–water partition coefficient (Wildman–Crippen LogP) is 6.99. The van der Waals surface area contributed by atoms with Crippen molar-refractivity contribution in [2.45, 2.75) is 117 Å². The van der Waals surface area contributed by atoms with Gasteiger partial charge < -0.3 is 4.74 Å². The average molecular weight is 347 g/mol. The number of hydrogen-bond acceptors (Lipinski definition) is 1. The maximum atomic E-state index is 6.46. The molecule has 0 radical (unpaired) electrons. The molecule has 1 spiro atoms. The van der Waals surface area contributed by atoms with E-state index in [1.54, 1.807) is 0 Å². The summed E-state index contributed by atoms with van der Waals surface area (Å²) < 4.78 is 6.46. The molecule has 0 aromatic heterocycles. The van der Waals surface area contributed by atoms with Crippen molar-refractivity contribution in [3.05, 3.63) is 0 Å². The third kappa shape index (κ3) is 3.69. The van der Waals surface area contributed by atoms with Gasteiger partial charge in [-0.2, -0.15) is 0 Å². The van der Waals surface area contributed by atoms with Gasteiger partial charge in [-0.15, -0.1) is 0 Å². The summed E-state index contributed by atoms with van der Waals surface area (Å²) in [5, 5.41) is 0. The Morgan fingerprint density at radius 2 is 1.40 bits per heavy atom. The molecule has 4 atom stereocenters. The summed E-state index contributed by atoms with van der Waals surface area (Å²) in [6.07, 6.45) is 17.1. The Labute approximate surface area is 156 Å². The molecular formula is C24H42O. The van der Waals surface area contributed by atoms with Crippen LogP contribution in [-0.4, -0.2) is 12.2 Å². The van der Waals surface area contributed by atoms with Crippen molar-refractivity contribution in [1.29, 1.82) is 0 Å². The van der Waals surface area contributed by atoms with Crippen LogP contribution in [0.1, 0.15) is 105 Å². The summed E-state index contributed by atoms with van der Waals surface area (Å²) in [6, 6.07) is 0. The summed E-state index contributed by atoms with van der Waals surface area (Å²) in [7, 11) is 0. The van der Waals surface area contributed by atoms with Gasteiger partial charge in [-0.05, 0) is 98.7 Å². The van der Waals surface area contributed by atoms with Crippen LogP contribution in [0.5, 0.6) is 0 Å². The molecule has 0 N–H and O–H groups in total. The van der Waals surface area contributed by atoms with Crippen molar-refractivity contribution in [3.8, 4) is 0 Å². The van der Waals surface area contributed by atoms with E-state index in [1.807, 2.05) is 0 Å². The standard InChI is InChI=1S/C24H42O/c1-22(2,3)17-6-8-19-20(9-7-17)25-21(19)16-23(4,5)18-10-12-24(13-11-18)14-15-24/h17-21H,6-16H2,1-5H3. The molecule has 144 valence electrons. The molecule has 4 rings (SSSR count). The molecule has 4 fully saturated rings. The van der Waals surface area contributed by atoms with Gasteiger partial charge in [0.15, 0.2) is 0 Å². The Bertz CT molecular complexity index is 471. The van der Waals surface area contributed by atoms with Crippen molar-refractivity contribution in [2.24, 2.45) is 34.0 Å². The van der Waals surface area contributed by atoms with Crippen LogP contribution in [0.15, 0.2) is 0 Å². The molecule has 1 saturated heterocycles. The van der Waals surface area contributed by atoms with Gasteiger partial charge >= 0.3 is 0 Å². The molecule has 1 aliphatic heterocycles. The number of ether oxygens (including phenoxy) is 1. The van der Waals surface area contributed by atoms with Gasteiger partial charge in [0, 0.05) is 5.92 Å². The average Bonchev–Trinajstić information content (AvgIpc) is 3.28. The summed E-state index contributed by atoms with van der Waals surface area (Å²) in [5.74, 6) is 2.70. The van der Waals surface area contributed by atoms with Crippen LogP contribution in [0.4, 0.5) is 0 Å². The first-order valence-corrected chi connectivity index (χ1v) is 11.3. The third-order valence-corrected chi connectivity index (χ3v) is 9.01. The largest absolute Gasteiger partial charge is 0.374 e. The maximum absolute atomic E-state index is 6.46. The molecule has 1 heteroatoms. The third-order valence-electron chi connectivity index (χ3n) is 9.01. The van der Waals surface area contributed by atoms with Gasteiger partial charge in [0.1, 0.15) is 0 Å². The van der Waals surface area contributed by atoms with Gasteiger partial charge in [0.25, 0.3) is 0 Å². The first-order chi connectivity index (χ1) is 11.7. The molecule has 3 aliphatic carbocycles. The lowest BCUT2D eigenvalue weighted by Crippen LogP contribution is -2.50. The highest BCUT2D eigenvalue weighted by Crippen LogP contribution is 2.60. The zero-order valence-electron chi connectivity index (χ0n) is 17.6. The highest BCUT2D eigenvalue weighted by atomic mass is 16.5. The van der Waals surface area contributed by atoms with E-state index >= 15 is 0 Å². The molecule has 1 heterocycles. The lowest BCUT2D eigenvalue weighted by molar-refractivity contribution is -0.201. The highest BCUT2D eigenvalue weighted by molar-refractivity contribution is 5.00. The van der Waals surface area contributed by atoms with Gasteiger partial charge in [-0.1, -0.05) is 34.6 Å². The van der Waals surface area contributed by atoms with Crippen LogP contribution in [0, 0.1) is 34.0 Å². The van der Waals surface area contributed by atoms with E-state index in [-0.39, 0.29) is 0 Å². The van der Waals surface area contributed by atoms with Gasteiger partial charge in [0.05, 0.1) is 12.2 Å². The first kappa shape index (κ1) is 18.3. The second kappa shape index (κ2) is 6.25. The Balaban J connectivity index is 1.31. The number of fused-ring (bicyclic) bond motifs is 1. The molecule has 0 bridgehead atoms. The lowest BCUT2D eigenvalue weighted by Gasteiger charge is -2.49. The van der Waals surface area contributed by atoms with E-state index in [2.05, 4.69) is 34.6 Å². The van der Waals surface area contributed by atoms with Crippen molar-refractivity contribution in [1.82, 2.24) is 0 Å². The van der Waals surface area contributed by atoms with Gasteiger partial charge in [-0.3, -0.25) is 0 Å². The van der Waals surface area contributed by atoms with Crippen LogP contribution < -0.4 is 0 Å². The predicted molar refractivity (Wildman–Crippen MR) is 106 cm³/mol. The molecule has 1 nitrogen and oxygen atoms in total. The number of hydrogen-bond donors (Lipinski definition) is 0. The Morgan fingerprint density at radius 1 is 0.760 bits per heavy atom. The second-order valence-corrected chi connectivity index (χ2v) is 12.1. The summed E-state index contributed by atoms with van der Waals surface area (Å²) >= 11 is 0. The van der Waals surface area contributed by atoms with Crippen molar-refractivity contribution < 1.29 is 4.74 Å². The van der Waals surface area contributed by atoms with E-state index in [0.717, 1.165) is 23.2 Å². The molecule has 4 unspecified atom stereocenters. The molecule has 3 saturated carbocycles. The molecular weight excluding hydrogens is 304 g/mol. The Kier molecular flexibility index (Phi) is 4.58. The van der Waals surface area contributed by atoms with Crippen molar-refractivity contribution in [3.63, 3.8) is 0 Å². The fourth-order valence-corrected chi connectivity index (χ4v) is 6.57. The minimum atomic E-state index is 0.472. The molecule has 25 heavy (non-hydrogen) atoms. The van der Waals surface area contributed by atoms with Crippen LogP contribution >= 0.6 is 0 Å². The smallest absolute Gasteiger partial charge is 0.0637 e. The second-order valence-electron chi connectivity index (χ2n) is 12.1. The lowest BCUT2D eigenvalue weighted by atomic mass is 9.64. The molecule has 0 aromatic carbocycles. The zero-order chi connectivity index (χ0) is 17.9. The molecule has 0 aromatic rings. The monoisotopic (exact) mass is 346 g/mol. The summed E-state index contributed by atoms with van der Waals surface area (Å²) in [6.45, 7) is 12.4. The van der Waals surface area contributed by atoms with E-state index < -0.39 is 0 Å². The summed E-state index contributed by atoms with van der Waals surface area (Å²) in [5.41, 5.74) is 1.77. The van der Waals surface area contributed by atoms with Crippen LogP contribution in [0.25, 0.3) is 0 Å². The molecule has 4 aliphatic rings. The highest BCUT2D eigenvalue weighted by Gasteiger charge is 2.50. The fourth-order valence-electron chi connectivity index (χ4n) is 6.57. The maximum Gasteiger partial charge on any atom is 0.0637 e. The van der Waals surface area contributed by atoms with Gasteiger partial charge in [-0.25, -0.2) is 0 Å². The normalized spacial score (nSPS) is 38.8. The van der Waals surface area contributed by atoms with E-state index in [0.29, 0.717) is 23.0 Å². The topological polar surface area (TPSA) is 9.23 Å². The van der Waals surface area contributed by atoms with E-state index in [4.69, 9.17) is 4.74 Å². The minimum absolute atomic E-state index is 0.472. The minimum Gasteiger partial charge on any atom is -0.374 e. The summed E-state index contributed by atoms with van der Waals surface area (Å²) in [4.78, 5) is 0. The van der Waals surface area contributed by atoms with Crippen molar-refractivity contribution >= 4 is 0 Å². The quantitative estimate of drug-likeness (QED) is 0.535. The Morgan fingerprint density at radius 3 is 2.00 bits per heavy atom. The Hall–Kier alpha value is -0.0400. The van der Waals surface area contributed by atoms with Gasteiger partial charge in [0.2, 0.25) is 0 Å². The fraction of sp³-hybridized carbons (Fsp3) is 1.00. The number of rotatable bonds is 3. The van der Waals surface area contributed by atoms with Crippen LogP contribution in [0.2, 0.25) is 0 Å². The van der Waals surface area contributed by atoms with E-state index in [9.17, 15) is 0 Å². The SMILES string of the molecule is CC(C)(C)C1CCC2OC(CC(C)(C)C3CCC4(CC3)CC4)C2CC1.